The predicted molar refractivity (Wildman–Crippen MR) is 138 cm³/mol. The van der Waals surface area contributed by atoms with Crippen molar-refractivity contribution in [3.05, 3.63) is 102 Å². The summed E-state index contributed by atoms with van der Waals surface area (Å²) >= 11 is 0. The monoisotopic (exact) mass is 485 g/mol. The van der Waals surface area contributed by atoms with Gasteiger partial charge >= 0.3 is 6.03 Å². The molecule has 3 aromatic carbocycles. The van der Waals surface area contributed by atoms with E-state index in [1.807, 2.05) is 36.4 Å². The Morgan fingerprint density at radius 2 is 1.56 bits per heavy atom. The number of nitrogens with one attached hydrogen (secondary N) is 5. The Bertz CT molecular complexity index is 1460. The summed E-state index contributed by atoms with van der Waals surface area (Å²) in [7, 11) is 0. The molecular weight excluding hydrogens is 464 g/mol. The van der Waals surface area contributed by atoms with Gasteiger partial charge in [0.2, 0.25) is 0 Å². The molecule has 0 saturated carbocycles. The number of aromatic nitrogens is 1. The van der Waals surface area contributed by atoms with E-state index in [-0.39, 0.29) is 17.2 Å². The van der Waals surface area contributed by atoms with Gasteiger partial charge in [-0.15, -0.1) is 0 Å². The number of fused-ring (bicyclic) bond motifs is 1. The third-order valence-corrected chi connectivity index (χ3v) is 5.53. The van der Waals surface area contributed by atoms with Crippen molar-refractivity contribution >= 4 is 52.0 Å². The second-order valence-electron chi connectivity index (χ2n) is 8.11. The number of anilines is 5. The second kappa shape index (κ2) is 9.75. The number of urea groups is 1. The molecule has 0 radical (unpaired) electrons. The molecule has 0 bridgehead atoms. The van der Waals surface area contributed by atoms with E-state index in [4.69, 9.17) is 0 Å². The molecule has 2 heterocycles. The van der Waals surface area contributed by atoms with Crippen molar-refractivity contribution < 1.29 is 18.4 Å². The molecule has 0 fully saturated rings. The zero-order valence-corrected chi connectivity index (χ0v) is 18.8. The second-order valence-corrected chi connectivity index (χ2v) is 8.11. The Hall–Kier alpha value is -4.92. The number of aromatic amines is 1. The Balaban J connectivity index is 1.27. The van der Waals surface area contributed by atoms with Gasteiger partial charge in [0.15, 0.2) is 0 Å². The standard InChI is InChI=1S/C27H21F2N5O2/c28-25(29)16-4-1-5-18(12-16)32-27(36)33-20-7-2-6-19(13-20)31-21-9-10-22-23(14-17-8-3-11-30-17)26(35)34-24(22)15-21/h1-15,25,30-31H,(H,34,35)(H2,32,33,36)/b23-14-. The highest BCUT2D eigenvalue weighted by molar-refractivity contribution is 6.35. The van der Waals surface area contributed by atoms with Crippen LogP contribution in [0.1, 0.15) is 23.2 Å². The fraction of sp³-hybridized carbons (Fsp3) is 0.0370. The normalized spacial score (nSPS) is 13.4. The predicted octanol–water partition coefficient (Wildman–Crippen LogP) is 6.83. The summed E-state index contributed by atoms with van der Waals surface area (Å²) in [6, 6.07) is 21.3. The average Bonchev–Trinajstić information content (AvgIpc) is 3.47. The van der Waals surface area contributed by atoms with Crippen LogP contribution in [0.15, 0.2) is 85.1 Å². The molecule has 1 aliphatic heterocycles. The minimum atomic E-state index is -2.62. The number of H-pyrrole nitrogens is 1. The Kier molecular flexibility index (Phi) is 6.19. The van der Waals surface area contributed by atoms with Crippen molar-refractivity contribution in [1.29, 1.82) is 0 Å². The van der Waals surface area contributed by atoms with Crippen LogP contribution < -0.4 is 21.3 Å². The summed E-state index contributed by atoms with van der Waals surface area (Å²) in [6.07, 6.45) is 0.981. The molecule has 1 aliphatic rings. The molecule has 0 unspecified atom stereocenters. The van der Waals surface area contributed by atoms with Crippen molar-refractivity contribution in [3.8, 4) is 0 Å². The van der Waals surface area contributed by atoms with Crippen molar-refractivity contribution in [2.45, 2.75) is 6.43 Å². The van der Waals surface area contributed by atoms with Gasteiger partial charge in [0.05, 0.1) is 11.3 Å². The van der Waals surface area contributed by atoms with Gasteiger partial charge in [0, 0.05) is 45.8 Å². The van der Waals surface area contributed by atoms with E-state index in [1.165, 1.54) is 24.3 Å². The fourth-order valence-corrected chi connectivity index (χ4v) is 3.89. The van der Waals surface area contributed by atoms with Crippen molar-refractivity contribution in [2.24, 2.45) is 0 Å². The van der Waals surface area contributed by atoms with Crippen LogP contribution >= 0.6 is 0 Å². The molecule has 0 spiro atoms. The van der Waals surface area contributed by atoms with E-state index < -0.39 is 12.5 Å². The molecular formula is C27H21F2N5O2. The quantitative estimate of drug-likeness (QED) is 0.194. The zero-order chi connectivity index (χ0) is 25.1. The van der Waals surface area contributed by atoms with Crippen molar-refractivity contribution in [3.63, 3.8) is 0 Å². The molecule has 5 rings (SSSR count). The molecule has 7 nitrogen and oxygen atoms in total. The number of hydrogen-bond acceptors (Lipinski definition) is 3. The molecule has 0 atom stereocenters. The summed E-state index contributed by atoms with van der Waals surface area (Å²) in [6.45, 7) is 0. The Labute approximate surface area is 205 Å². The average molecular weight is 485 g/mol. The van der Waals surface area contributed by atoms with Crippen LogP contribution in [0.4, 0.5) is 42.0 Å². The van der Waals surface area contributed by atoms with Crippen molar-refractivity contribution in [2.75, 3.05) is 21.3 Å². The Morgan fingerprint density at radius 3 is 2.31 bits per heavy atom. The summed E-state index contributed by atoms with van der Waals surface area (Å²) in [5.74, 6) is -0.173. The van der Waals surface area contributed by atoms with E-state index in [1.54, 1.807) is 30.5 Å². The Morgan fingerprint density at radius 1 is 0.833 bits per heavy atom. The SMILES string of the molecule is O=C(Nc1cccc(Nc2ccc3c(c2)NC(=O)/C3=C\c2ccc[nH]2)c1)Nc1cccc(C(F)F)c1. The third kappa shape index (κ3) is 5.10. The number of halogens is 2. The molecule has 180 valence electrons. The lowest BCUT2D eigenvalue weighted by molar-refractivity contribution is -0.110. The van der Waals surface area contributed by atoms with Gasteiger partial charge in [0.25, 0.3) is 12.3 Å². The van der Waals surface area contributed by atoms with Crippen LogP contribution in [-0.2, 0) is 4.79 Å². The topological polar surface area (TPSA) is 98.1 Å². The minimum absolute atomic E-state index is 0.170. The lowest BCUT2D eigenvalue weighted by atomic mass is 10.1. The van der Waals surface area contributed by atoms with E-state index in [0.717, 1.165) is 16.9 Å². The van der Waals surface area contributed by atoms with Gasteiger partial charge < -0.3 is 26.3 Å². The van der Waals surface area contributed by atoms with Gasteiger partial charge in [-0.3, -0.25) is 4.79 Å². The minimum Gasteiger partial charge on any atom is -0.362 e. The van der Waals surface area contributed by atoms with Crippen LogP contribution in [0, 0.1) is 0 Å². The van der Waals surface area contributed by atoms with Crippen molar-refractivity contribution in [1.82, 2.24) is 4.98 Å². The van der Waals surface area contributed by atoms with Crippen LogP contribution in [-0.4, -0.2) is 16.9 Å². The van der Waals surface area contributed by atoms with Gasteiger partial charge in [0.1, 0.15) is 0 Å². The first-order chi connectivity index (χ1) is 17.4. The largest absolute Gasteiger partial charge is 0.362 e. The number of hydrogen-bond donors (Lipinski definition) is 5. The first kappa shape index (κ1) is 22.9. The summed E-state index contributed by atoms with van der Waals surface area (Å²) in [5.41, 5.74) is 4.99. The number of alkyl halides is 2. The highest BCUT2D eigenvalue weighted by Gasteiger charge is 2.24. The van der Waals surface area contributed by atoms with Crippen LogP contribution in [0.3, 0.4) is 0 Å². The first-order valence-electron chi connectivity index (χ1n) is 11.1. The highest BCUT2D eigenvalue weighted by atomic mass is 19.3. The summed E-state index contributed by atoms with van der Waals surface area (Å²) in [4.78, 5) is 27.9. The molecule has 0 aliphatic carbocycles. The number of rotatable bonds is 6. The molecule has 36 heavy (non-hydrogen) atoms. The maximum absolute atomic E-state index is 12.9. The zero-order valence-electron chi connectivity index (χ0n) is 18.8. The van der Waals surface area contributed by atoms with E-state index in [0.29, 0.717) is 22.6 Å². The van der Waals surface area contributed by atoms with Crippen LogP contribution in [0.5, 0.6) is 0 Å². The molecule has 4 aromatic rings. The smallest absolute Gasteiger partial charge is 0.323 e. The number of carbonyl (C=O) groups is 2. The maximum Gasteiger partial charge on any atom is 0.323 e. The van der Waals surface area contributed by atoms with E-state index >= 15 is 0 Å². The molecule has 1 aromatic heterocycles. The van der Waals surface area contributed by atoms with Gasteiger partial charge in [-0.25, -0.2) is 13.6 Å². The van der Waals surface area contributed by atoms with Gasteiger partial charge in [-0.05, 0) is 60.7 Å². The maximum atomic E-state index is 12.9. The summed E-state index contributed by atoms with van der Waals surface area (Å²) in [5, 5.41) is 11.4. The van der Waals surface area contributed by atoms with Crippen LogP contribution in [0.2, 0.25) is 0 Å². The molecule has 5 N–H and O–H groups in total. The van der Waals surface area contributed by atoms with Gasteiger partial charge in [-0.2, -0.15) is 0 Å². The summed E-state index contributed by atoms with van der Waals surface area (Å²) < 4.78 is 25.8. The fourth-order valence-electron chi connectivity index (χ4n) is 3.89. The number of benzene rings is 3. The molecule has 0 saturated heterocycles. The van der Waals surface area contributed by atoms with Gasteiger partial charge in [-0.1, -0.05) is 24.3 Å². The number of amides is 3. The number of carbonyl (C=O) groups excluding carboxylic acids is 2. The third-order valence-electron chi connectivity index (χ3n) is 5.53. The highest BCUT2D eigenvalue weighted by Crippen LogP contribution is 2.35. The molecule has 9 heteroatoms. The lowest BCUT2D eigenvalue weighted by Gasteiger charge is -2.12. The molecule has 3 amide bonds. The van der Waals surface area contributed by atoms with Crippen LogP contribution in [0.25, 0.3) is 11.6 Å². The van der Waals surface area contributed by atoms with E-state index in [2.05, 4.69) is 26.3 Å². The van der Waals surface area contributed by atoms with E-state index in [9.17, 15) is 18.4 Å². The lowest BCUT2D eigenvalue weighted by Crippen LogP contribution is -2.19. The first-order valence-corrected chi connectivity index (χ1v) is 11.1.